The molecule has 3 aliphatic rings. The first-order chi connectivity index (χ1) is 26.4. The van der Waals surface area contributed by atoms with Gasteiger partial charge < -0.3 is 63.3 Å². The third-order valence-electron chi connectivity index (χ3n) is 11.5. The second-order valence-electron chi connectivity index (χ2n) is 15.5. The number of hydrogen-bond acceptors (Lipinski definition) is 15. The molecule has 0 aromatic rings. The predicted molar refractivity (Wildman–Crippen MR) is 201 cm³/mol. The zero-order chi connectivity index (χ0) is 42.0. The van der Waals surface area contributed by atoms with Gasteiger partial charge in [0, 0.05) is 52.4 Å². The van der Waals surface area contributed by atoms with Gasteiger partial charge in [0.1, 0.15) is 42.9 Å². The molecule has 4 N–H and O–H groups in total. The SMILES string of the molecule is CC[C@H]1OC(=O)C[C@@H](O)[C@H](C)[C@@H](O[C@H]2O[C@@H](C)[C@H](O)[C@@H](N(C)C(C)=O)[C@@H]2O)[C@@H](CC=O)C[C@@H](C)C(=O)/C=C/C(C)=C/[C@@H]1CO[C@@H]1O[C@H](C)[C@@H](O)[C@@H](OC)[C@H]1OC. The quantitative estimate of drug-likeness (QED) is 0.172. The molecule has 16 nitrogen and oxygen atoms in total. The molecule has 0 spiro atoms. The molecule has 1 amide bonds. The molecule has 3 heterocycles. The van der Waals surface area contributed by atoms with Gasteiger partial charge in [-0.3, -0.25) is 14.4 Å². The molecule has 0 radical (unpaired) electrons. The Morgan fingerprint density at radius 3 is 2.14 bits per heavy atom. The summed E-state index contributed by atoms with van der Waals surface area (Å²) in [6, 6.07) is -1.10. The predicted octanol–water partition coefficient (Wildman–Crippen LogP) is 1.48. The van der Waals surface area contributed by atoms with Crippen LogP contribution in [0.4, 0.5) is 0 Å². The van der Waals surface area contributed by atoms with Crippen molar-refractivity contribution in [2.75, 3.05) is 27.9 Å². The summed E-state index contributed by atoms with van der Waals surface area (Å²) in [7, 11) is 4.35. The number of carbonyl (C=O) groups is 4. The van der Waals surface area contributed by atoms with Crippen molar-refractivity contribution in [2.24, 2.45) is 23.7 Å². The zero-order valence-corrected chi connectivity index (χ0v) is 34.4. The largest absolute Gasteiger partial charge is 0.462 e. The number of aliphatic hydroxyl groups excluding tert-OH is 4. The lowest BCUT2D eigenvalue weighted by atomic mass is 9.79. The average molecular weight is 800 g/mol. The van der Waals surface area contributed by atoms with E-state index in [0.717, 1.165) is 0 Å². The number of carbonyl (C=O) groups excluding carboxylic acids is 4. The van der Waals surface area contributed by atoms with Crippen LogP contribution in [0.1, 0.15) is 74.1 Å². The summed E-state index contributed by atoms with van der Waals surface area (Å²) in [5, 5.41) is 44.4. The maximum absolute atomic E-state index is 13.6. The van der Waals surface area contributed by atoms with E-state index < -0.39 is 122 Å². The Labute approximate surface area is 330 Å². The van der Waals surface area contributed by atoms with Gasteiger partial charge in [0.15, 0.2) is 18.4 Å². The number of amides is 1. The van der Waals surface area contributed by atoms with E-state index in [9.17, 15) is 39.6 Å². The summed E-state index contributed by atoms with van der Waals surface area (Å²) in [5.41, 5.74) is 0.677. The summed E-state index contributed by atoms with van der Waals surface area (Å²) < 4.78 is 41.5. The highest BCUT2D eigenvalue weighted by molar-refractivity contribution is 5.91. The summed E-state index contributed by atoms with van der Waals surface area (Å²) in [6.45, 7) is 11.5. The molecular weight excluding hydrogens is 734 g/mol. The van der Waals surface area contributed by atoms with Crippen molar-refractivity contribution in [2.45, 2.75) is 154 Å². The number of cyclic esters (lactones) is 1. The average Bonchev–Trinajstić information content (AvgIpc) is 3.15. The van der Waals surface area contributed by atoms with Crippen LogP contribution >= 0.6 is 0 Å². The molecule has 16 heteroatoms. The van der Waals surface area contributed by atoms with Crippen LogP contribution in [0.3, 0.4) is 0 Å². The second-order valence-corrected chi connectivity index (χ2v) is 15.5. The minimum Gasteiger partial charge on any atom is -0.462 e. The number of rotatable bonds is 11. The first-order valence-corrected chi connectivity index (χ1v) is 19.5. The van der Waals surface area contributed by atoms with Crippen LogP contribution in [-0.2, 0) is 52.3 Å². The Kier molecular flexibility index (Phi) is 18.7. The number of ketones is 1. The maximum Gasteiger partial charge on any atom is 0.308 e. The Bertz CT molecular complexity index is 1360. The second kappa shape index (κ2) is 21.9. The highest BCUT2D eigenvalue weighted by Gasteiger charge is 2.49. The fourth-order valence-electron chi connectivity index (χ4n) is 7.82. The number of methoxy groups -OCH3 is 2. The molecule has 0 aromatic carbocycles. The van der Waals surface area contributed by atoms with Gasteiger partial charge in [-0.2, -0.15) is 0 Å². The molecule has 2 fully saturated rings. The van der Waals surface area contributed by atoms with E-state index in [1.807, 2.05) is 13.0 Å². The molecule has 3 aliphatic heterocycles. The molecule has 320 valence electrons. The first kappa shape index (κ1) is 47.7. The van der Waals surface area contributed by atoms with E-state index in [1.165, 1.54) is 39.2 Å². The number of ether oxygens (including phenoxy) is 7. The van der Waals surface area contributed by atoms with Gasteiger partial charge in [0.25, 0.3) is 0 Å². The van der Waals surface area contributed by atoms with Crippen molar-refractivity contribution >= 4 is 23.9 Å². The number of likely N-dealkylation sites (N-methyl/N-ethyl adjacent to an activating group) is 1. The Hall–Kier alpha value is -2.64. The van der Waals surface area contributed by atoms with Crippen LogP contribution < -0.4 is 0 Å². The third kappa shape index (κ3) is 12.0. The molecular formula is C40H65NO15. The van der Waals surface area contributed by atoms with Gasteiger partial charge in [-0.05, 0) is 45.6 Å². The highest BCUT2D eigenvalue weighted by Crippen LogP contribution is 2.35. The van der Waals surface area contributed by atoms with Gasteiger partial charge in [-0.15, -0.1) is 0 Å². The fraction of sp³-hybridized carbons (Fsp3) is 0.800. The van der Waals surface area contributed by atoms with Gasteiger partial charge in [0.05, 0.1) is 43.5 Å². The van der Waals surface area contributed by atoms with E-state index in [4.69, 9.17) is 33.2 Å². The summed E-state index contributed by atoms with van der Waals surface area (Å²) in [4.78, 5) is 52.7. The van der Waals surface area contributed by atoms with Gasteiger partial charge >= 0.3 is 5.97 Å². The van der Waals surface area contributed by atoms with Gasteiger partial charge in [0.2, 0.25) is 5.91 Å². The van der Waals surface area contributed by atoms with E-state index in [2.05, 4.69) is 0 Å². The van der Waals surface area contributed by atoms with Crippen molar-refractivity contribution in [3.05, 3.63) is 23.8 Å². The zero-order valence-electron chi connectivity index (χ0n) is 34.4. The van der Waals surface area contributed by atoms with Crippen molar-refractivity contribution < 1.29 is 72.8 Å². The monoisotopic (exact) mass is 799 g/mol. The molecule has 0 unspecified atom stereocenters. The van der Waals surface area contributed by atoms with Crippen molar-refractivity contribution in [3.63, 3.8) is 0 Å². The van der Waals surface area contributed by atoms with Crippen LogP contribution in [0.2, 0.25) is 0 Å². The molecule has 0 saturated carbocycles. The van der Waals surface area contributed by atoms with Crippen LogP contribution in [0.15, 0.2) is 23.8 Å². The Balaban J connectivity index is 1.97. The topological polar surface area (TPSA) is 217 Å². The summed E-state index contributed by atoms with van der Waals surface area (Å²) >= 11 is 0. The standard InChI is InChI=1S/C40H65NO15/c1-11-30-27(19-52-40-38(51-10)37(50-9)34(48)24(6)54-40)16-20(2)12-13-28(44)21(3)17-26(14-15-42)36(22(4)29(45)18-31(46)55-30)56-39-35(49)32(41(8)25(7)43)33(47)23(5)53-39/h12-13,15-16,21-24,26-27,29-30,32-40,45,47-49H,11,14,17-19H2,1-10H3/b13-12+,20-16+/t21-,22+,23+,24-,26+,27-,29-,30-,32-,33+,34-,35+,36-,37-,38-,39-,40-/m1/s1. The number of nitrogens with zero attached hydrogens (tertiary/aromatic N) is 1. The lowest BCUT2D eigenvalue weighted by molar-refractivity contribution is -0.304. The van der Waals surface area contributed by atoms with E-state index >= 15 is 0 Å². The molecule has 56 heavy (non-hydrogen) atoms. The summed E-state index contributed by atoms with van der Waals surface area (Å²) in [6.07, 6.45) is -6.70. The number of allylic oxidation sites excluding steroid dienone is 3. The van der Waals surface area contributed by atoms with Crippen molar-refractivity contribution in [1.29, 1.82) is 0 Å². The van der Waals surface area contributed by atoms with Crippen LogP contribution in [0.25, 0.3) is 0 Å². The molecule has 0 aromatic heterocycles. The Morgan fingerprint density at radius 1 is 0.929 bits per heavy atom. The Morgan fingerprint density at radius 2 is 1.55 bits per heavy atom. The van der Waals surface area contributed by atoms with Crippen LogP contribution in [0.5, 0.6) is 0 Å². The van der Waals surface area contributed by atoms with Crippen LogP contribution in [0, 0.1) is 23.7 Å². The van der Waals surface area contributed by atoms with Gasteiger partial charge in [-0.1, -0.05) is 38.5 Å². The maximum atomic E-state index is 13.6. The number of aliphatic hydroxyl groups is 4. The third-order valence-corrected chi connectivity index (χ3v) is 11.5. The lowest BCUT2D eigenvalue weighted by Gasteiger charge is -2.47. The lowest BCUT2D eigenvalue weighted by Crippen LogP contribution is -2.64. The number of esters is 1. The molecule has 0 aliphatic carbocycles. The van der Waals surface area contributed by atoms with E-state index in [-0.39, 0.29) is 25.2 Å². The minimum atomic E-state index is -1.53. The number of aldehydes is 1. The smallest absolute Gasteiger partial charge is 0.308 e. The highest BCUT2D eigenvalue weighted by atomic mass is 16.7. The van der Waals surface area contributed by atoms with Crippen molar-refractivity contribution in [3.8, 4) is 0 Å². The number of hydrogen-bond donors (Lipinski definition) is 4. The van der Waals surface area contributed by atoms with Gasteiger partial charge in [-0.25, -0.2) is 0 Å². The minimum absolute atomic E-state index is 0.00994. The normalized spacial score (nSPS) is 42.2. The molecule has 0 bridgehead atoms. The molecule has 17 atom stereocenters. The van der Waals surface area contributed by atoms with Crippen LogP contribution in [-0.4, -0.2) is 157 Å². The van der Waals surface area contributed by atoms with E-state index in [0.29, 0.717) is 18.3 Å². The summed E-state index contributed by atoms with van der Waals surface area (Å²) in [5.74, 6) is -4.08. The molecule has 2 saturated heterocycles. The fourth-order valence-corrected chi connectivity index (χ4v) is 7.82. The first-order valence-electron chi connectivity index (χ1n) is 19.5. The molecule has 3 rings (SSSR count). The van der Waals surface area contributed by atoms with E-state index in [1.54, 1.807) is 40.7 Å². The van der Waals surface area contributed by atoms with Crippen molar-refractivity contribution in [1.82, 2.24) is 4.90 Å².